The van der Waals surface area contributed by atoms with Crippen LogP contribution in [0.4, 0.5) is 5.69 Å². The third-order valence-corrected chi connectivity index (χ3v) is 7.54. The molecule has 0 aliphatic heterocycles. The molecule has 1 aromatic heterocycles. The lowest BCUT2D eigenvalue weighted by Crippen LogP contribution is -2.14. The number of fused-ring (bicyclic) bond motifs is 1. The van der Waals surface area contributed by atoms with Gasteiger partial charge >= 0.3 is 5.97 Å². The van der Waals surface area contributed by atoms with E-state index in [9.17, 15) is 9.59 Å². The summed E-state index contributed by atoms with van der Waals surface area (Å²) < 4.78 is 7.01. The molecule has 0 unspecified atom stereocenters. The van der Waals surface area contributed by atoms with E-state index in [0.29, 0.717) is 18.5 Å². The monoisotopic (exact) mass is 549 g/mol. The quantitative estimate of drug-likeness (QED) is 0.156. The average Bonchev–Trinajstić information content (AvgIpc) is 3.31. The SMILES string of the molecule is CCSc1ccc(CC(=O)Nc2ccc(-c3nc4ccc(C)cc4n3Cc3ccc(C(=O)OC)cc3)cc2)cc1. The summed E-state index contributed by atoms with van der Waals surface area (Å²) in [6.07, 6.45) is 0.322. The van der Waals surface area contributed by atoms with Crippen molar-refractivity contribution < 1.29 is 14.3 Å². The van der Waals surface area contributed by atoms with Crippen LogP contribution >= 0.6 is 11.8 Å². The molecule has 0 saturated carbocycles. The molecule has 1 amide bonds. The highest BCUT2D eigenvalue weighted by molar-refractivity contribution is 7.99. The standard InChI is InChI=1S/C33H31N3O3S/c1-4-40-28-16-8-23(9-17-28)20-31(37)34-27-14-12-25(13-15-27)32-35-29-18-5-22(2)19-30(29)36(32)21-24-6-10-26(11-7-24)33(38)39-3/h5-19H,4,20-21H2,1-3H3,(H,34,37). The zero-order valence-corrected chi connectivity index (χ0v) is 23.6. The van der Waals surface area contributed by atoms with Crippen molar-refractivity contribution in [2.45, 2.75) is 31.7 Å². The Labute approximate surface area is 238 Å². The number of benzene rings is 4. The van der Waals surface area contributed by atoms with E-state index in [1.807, 2.05) is 54.6 Å². The van der Waals surface area contributed by atoms with E-state index < -0.39 is 0 Å². The molecular formula is C33H31N3O3S. The summed E-state index contributed by atoms with van der Waals surface area (Å²) in [5, 5.41) is 3.01. The number of rotatable bonds is 9. The largest absolute Gasteiger partial charge is 0.465 e. The van der Waals surface area contributed by atoms with Crippen LogP contribution in [-0.2, 0) is 22.5 Å². The van der Waals surface area contributed by atoms with Crippen molar-refractivity contribution in [3.8, 4) is 11.4 Å². The number of nitrogens with zero attached hydrogens (tertiary/aromatic N) is 2. The molecule has 4 aromatic carbocycles. The molecule has 0 saturated heterocycles. The van der Waals surface area contributed by atoms with E-state index in [2.05, 4.69) is 48.0 Å². The molecular weight excluding hydrogens is 518 g/mol. The van der Waals surface area contributed by atoms with Gasteiger partial charge < -0.3 is 14.6 Å². The van der Waals surface area contributed by atoms with Gasteiger partial charge in [0.25, 0.3) is 0 Å². The van der Waals surface area contributed by atoms with Crippen LogP contribution in [0.2, 0.25) is 0 Å². The molecule has 5 rings (SSSR count). The van der Waals surface area contributed by atoms with Crippen LogP contribution in [0.15, 0.2) is 95.9 Å². The Morgan fingerprint density at radius 1 is 0.900 bits per heavy atom. The van der Waals surface area contributed by atoms with E-state index in [4.69, 9.17) is 9.72 Å². The zero-order valence-electron chi connectivity index (χ0n) is 22.8. The Balaban J connectivity index is 1.36. The highest BCUT2D eigenvalue weighted by atomic mass is 32.2. The Morgan fingerprint density at radius 3 is 2.27 bits per heavy atom. The predicted octanol–water partition coefficient (Wildman–Crippen LogP) is 7.14. The Morgan fingerprint density at radius 2 is 1.60 bits per heavy atom. The summed E-state index contributed by atoms with van der Waals surface area (Å²) in [5.41, 5.74) is 7.32. The van der Waals surface area contributed by atoms with Gasteiger partial charge in [-0.3, -0.25) is 4.79 Å². The molecule has 6 nitrogen and oxygen atoms in total. The van der Waals surface area contributed by atoms with Crippen LogP contribution in [0.3, 0.4) is 0 Å². The normalized spacial score (nSPS) is 11.0. The number of carbonyl (C=O) groups is 2. The third-order valence-electron chi connectivity index (χ3n) is 6.65. The van der Waals surface area contributed by atoms with Gasteiger partial charge in [0, 0.05) is 22.7 Å². The van der Waals surface area contributed by atoms with Crippen molar-refractivity contribution >= 4 is 40.4 Å². The molecule has 7 heteroatoms. The molecule has 0 fully saturated rings. The maximum atomic E-state index is 12.7. The summed E-state index contributed by atoms with van der Waals surface area (Å²) in [4.78, 5) is 30.7. The van der Waals surface area contributed by atoms with Crippen LogP contribution in [0.1, 0.15) is 34.0 Å². The summed E-state index contributed by atoms with van der Waals surface area (Å²) in [5.74, 6) is 1.45. The lowest BCUT2D eigenvalue weighted by atomic mass is 10.1. The molecule has 1 N–H and O–H groups in total. The summed E-state index contributed by atoms with van der Waals surface area (Å²) >= 11 is 1.79. The number of carbonyl (C=O) groups excluding carboxylic acids is 2. The number of hydrogen-bond donors (Lipinski definition) is 1. The Kier molecular flexibility index (Phi) is 8.31. The first-order chi connectivity index (χ1) is 19.4. The van der Waals surface area contributed by atoms with Crippen LogP contribution < -0.4 is 5.32 Å². The highest BCUT2D eigenvalue weighted by Crippen LogP contribution is 2.28. The maximum absolute atomic E-state index is 12.7. The number of hydrogen-bond acceptors (Lipinski definition) is 5. The van der Waals surface area contributed by atoms with Crippen molar-refractivity contribution in [2.24, 2.45) is 0 Å². The van der Waals surface area contributed by atoms with Gasteiger partial charge in [0.1, 0.15) is 5.82 Å². The van der Waals surface area contributed by atoms with Gasteiger partial charge in [0.2, 0.25) is 5.91 Å². The van der Waals surface area contributed by atoms with Crippen molar-refractivity contribution in [3.05, 3.63) is 113 Å². The zero-order chi connectivity index (χ0) is 28.1. The number of imidazole rings is 1. The number of esters is 1. The second-order valence-corrected chi connectivity index (χ2v) is 10.9. The lowest BCUT2D eigenvalue weighted by Gasteiger charge is -2.12. The number of aryl methyl sites for hydroxylation is 1. The second-order valence-electron chi connectivity index (χ2n) is 9.58. The first-order valence-electron chi connectivity index (χ1n) is 13.2. The minimum Gasteiger partial charge on any atom is -0.465 e. The number of amides is 1. The van der Waals surface area contributed by atoms with Crippen LogP contribution in [-0.4, -0.2) is 34.3 Å². The van der Waals surface area contributed by atoms with Crippen molar-refractivity contribution in [1.29, 1.82) is 0 Å². The molecule has 1 heterocycles. The van der Waals surface area contributed by atoms with Crippen molar-refractivity contribution in [2.75, 3.05) is 18.2 Å². The predicted molar refractivity (Wildman–Crippen MR) is 162 cm³/mol. The minimum atomic E-state index is -0.355. The van der Waals surface area contributed by atoms with Gasteiger partial charge in [-0.15, -0.1) is 11.8 Å². The fourth-order valence-electron chi connectivity index (χ4n) is 4.62. The molecule has 0 radical (unpaired) electrons. The van der Waals surface area contributed by atoms with Gasteiger partial charge in [0.15, 0.2) is 0 Å². The molecule has 0 spiro atoms. The molecule has 0 aliphatic carbocycles. The first kappa shape index (κ1) is 27.2. The highest BCUT2D eigenvalue weighted by Gasteiger charge is 2.15. The summed E-state index contributed by atoms with van der Waals surface area (Å²) in [6.45, 7) is 4.78. The number of methoxy groups -OCH3 is 1. The van der Waals surface area contributed by atoms with Gasteiger partial charge in [-0.1, -0.05) is 37.3 Å². The molecule has 5 aromatic rings. The van der Waals surface area contributed by atoms with E-state index in [-0.39, 0.29) is 11.9 Å². The fraction of sp³-hybridized carbons (Fsp3) is 0.182. The molecule has 0 aliphatic rings. The van der Waals surface area contributed by atoms with Crippen molar-refractivity contribution in [3.63, 3.8) is 0 Å². The van der Waals surface area contributed by atoms with Crippen LogP contribution in [0, 0.1) is 6.92 Å². The second kappa shape index (κ2) is 12.2. The van der Waals surface area contributed by atoms with E-state index >= 15 is 0 Å². The van der Waals surface area contributed by atoms with E-state index in [0.717, 1.165) is 50.6 Å². The summed E-state index contributed by atoms with van der Waals surface area (Å²) in [7, 11) is 1.38. The minimum absolute atomic E-state index is 0.0539. The van der Waals surface area contributed by atoms with Gasteiger partial charge in [-0.25, -0.2) is 9.78 Å². The fourth-order valence-corrected chi connectivity index (χ4v) is 5.29. The van der Waals surface area contributed by atoms with Crippen LogP contribution in [0.25, 0.3) is 22.4 Å². The molecule has 0 bridgehead atoms. The lowest BCUT2D eigenvalue weighted by molar-refractivity contribution is -0.115. The van der Waals surface area contributed by atoms with Crippen LogP contribution in [0.5, 0.6) is 0 Å². The topological polar surface area (TPSA) is 73.2 Å². The number of nitrogens with one attached hydrogen (secondary N) is 1. The number of thioether (sulfide) groups is 1. The number of anilines is 1. The Hall–Kier alpha value is -4.36. The van der Waals surface area contributed by atoms with Gasteiger partial charge in [-0.2, -0.15) is 0 Å². The number of aromatic nitrogens is 2. The molecule has 202 valence electrons. The van der Waals surface area contributed by atoms with E-state index in [1.54, 1.807) is 23.9 Å². The maximum Gasteiger partial charge on any atom is 0.337 e. The summed E-state index contributed by atoms with van der Waals surface area (Å²) in [6, 6.07) is 29.6. The van der Waals surface area contributed by atoms with Crippen molar-refractivity contribution in [1.82, 2.24) is 9.55 Å². The molecule has 0 atom stereocenters. The smallest absolute Gasteiger partial charge is 0.337 e. The average molecular weight is 550 g/mol. The number of ether oxygens (including phenoxy) is 1. The first-order valence-corrected chi connectivity index (χ1v) is 14.2. The molecule has 40 heavy (non-hydrogen) atoms. The Bertz CT molecular complexity index is 1640. The van der Waals surface area contributed by atoms with E-state index in [1.165, 1.54) is 12.0 Å². The third kappa shape index (κ3) is 6.26. The van der Waals surface area contributed by atoms with Gasteiger partial charge in [-0.05, 0) is 90.0 Å². The van der Waals surface area contributed by atoms with Gasteiger partial charge in [0.05, 0.1) is 30.1 Å².